The van der Waals surface area contributed by atoms with Crippen LogP contribution in [0.4, 0.5) is 5.69 Å². The maximum absolute atomic E-state index is 13.1. The number of nitrogens with one attached hydrogen (secondary N) is 1. The highest BCUT2D eigenvalue weighted by Gasteiger charge is 2.88. The Morgan fingerprint density at radius 1 is 1.05 bits per heavy atom. The number of carbonyl (C=O) groups is 2. The monoisotopic (exact) mass is 523 g/mol. The van der Waals surface area contributed by atoms with Crippen LogP contribution in [0.3, 0.4) is 0 Å². The molecule has 1 amide bonds. The van der Waals surface area contributed by atoms with E-state index < -0.39 is 0 Å². The number of amides is 1. The maximum atomic E-state index is 13.1. The van der Waals surface area contributed by atoms with Gasteiger partial charge in [0.1, 0.15) is 13.2 Å². The summed E-state index contributed by atoms with van der Waals surface area (Å²) in [4.78, 5) is 29.9. The number of nitrogens with zero attached hydrogens (tertiary/aromatic N) is 2. The molecule has 1 aromatic carbocycles. The molecule has 6 rings (SSSR count). The van der Waals surface area contributed by atoms with Gasteiger partial charge in [0.15, 0.2) is 0 Å². The summed E-state index contributed by atoms with van der Waals surface area (Å²) >= 11 is 0. The number of hydrogen-bond acceptors (Lipinski definition) is 6. The van der Waals surface area contributed by atoms with Crippen LogP contribution in [0.15, 0.2) is 24.3 Å². The number of hydrogen-bond donors (Lipinski definition) is 1. The lowest BCUT2D eigenvalue weighted by atomic mass is 9.29. The second-order valence-electron chi connectivity index (χ2n) is 12.7. The molecule has 1 aliphatic heterocycles. The van der Waals surface area contributed by atoms with Crippen molar-refractivity contribution in [2.45, 2.75) is 77.4 Å². The first kappa shape index (κ1) is 26.1. The van der Waals surface area contributed by atoms with Crippen LogP contribution in [0.1, 0.15) is 70.8 Å². The molecule has 7 nitrogen and oxygen atoms in total. The Morgan fingerprint density at radius 2 is 1.82 bits per heavy atom. The van der Waals surface area contributed by atoms with Gasteiger partial charge in [0.25, 0.3) is 0 Å². The topological polar surface area (TPSA) is 71.1 Å². The van der Waals surface area contributed by atoms with E-state index in [9.17, 15) is 9.59 Å². The molecule has 0 aromatic heterocycles. The van der Waals surface area contributed by atoms with Gasteiger partial charge in [-0.1, -0.05) is 26.0 Å². The van der Waals surface area contributed by atoms with Gasteiger partial charge in [-0.05, 0) is 93.0 Å². The van der Waals surface area contributed by atoms with Gasteiger partial charge in [-0.2, -0.15) is 0 Å². The molecule has 208 valence electrons. The summed E-state index contributed by atoms with van der Waals surface area (Å²) in [5.74, 6) is 1.62. The van der Waals surface area contributed by atoms with Gasteiger partial charge in [0, 0.05) is 37.2 Å². The predicted octanol–water partition coefficient (Wildman–Crippen LogP) is 4.46. The summed E-state index contributed by atoms with van der Waals surface area (Å²) in [7, 11) is 0. The molecule has 1 heterocycles. The molecule has 5 atom stereocenters. The average Bonchev–Trinajstić information content (AvgIpc) is 3.63. The summed E-state index contributed by atoms with van der Waals surface area (Å²) in [6.45, 7) is 10.1. The number of likely N-dealkylation sites (tertiary alicyclic amines) is 1. The quantitative estimate of drug-likeness (QED) is 0.304. The van der Waals surface area contributed by atoms with E-state index in [1.165, 1.54) is 24.8 Å². The Hall–Kier alpha value is -2.12. The fourth-order valence-electron chi connectivity index (χ4n) is 9.45. The average molecular weight is 524 g/mol. The summed E-state index contributed by atoms with van der Waals surface area (Å²) < 4.78 is 12.1. The summed E-state index contributed by atoms with van der Waals surface area (Å²) in [5, 5.41) is 3.17. The number of anilines is 1. The molecule has 5 aliphatic rings. The fraction of sp³-hybridized carbons (Fsp3) is 0.742. The van der Waals surface area contributed by atoms with Crippen LogP contribution in [-0.4, -0.2) is 73.2 Å². The molecule has 38 heavy (non-hydrogen) atoms. The molecule has 2 bridgehead atoms. The van der Waals surface area contributed by atoms with E-state index in [0.717, 1.165) is 82.4 Å². The van der Waals surface area contributed by atoms with E-state index >= 15 is 0 Å². The zero-order valence-electron chi connectivity index (χ0n) is 23.3. The van der Waals surface area contributed by atoms with Crippen molar-refractivity contribution in [2.75, 3.05) is 51.3 Å². The molecule has 4 saturated carbocycles. The lowest BCUT2D eigenvalue weighted by Gasteiger charge is -2.79. The number of esters is 1. The van der Waals surface area contributed by atoms with Gasteiger partial charge in [-0.15, -0.1) is 0 Å². The smallest absolute Gasteiger partial charge is 0.325 e. The fourth-order valence-corrected chi connectivity index (χ4v) is 9.45. The molecule has 4 aliphatic carbocycles. The Balaban J connectivity index is 0.944. The Morgan fingerprint density at radius 3 is 2.53 bits per heavy atom. The SMILES string of the molecule is CCN(CC)Cc1ccc(NCC(=O)OCCOC23C[C@H]4CC5CC(CC(=O)N6CCCC6)(C2)C43C5)cc1. The first-order chi connectivity index (χ1) is 18.4. The van der Waals surface area contributed by atoms with Crippen molar-refractivity contribution in [3.8, 4) is 0 Å². The Kier molecular flexibility index (Phi) is 6.96. The van der Waals surface area contributed by atoms with Crippen molar-refractivity contribution in [2.24, 2.45) is 22.7 Å². The lowest BCUT2D eigenvalue weighted by Crippen LogP contribution is -2.79. The van der Waals surface area contributed by atoms with E-state index in [1.807, 2.05) is 12.1 Å². The molecule has 5 fully saturated rings. The summed E-state index contributed by atoms with van der Waals surface area (Å²) in [5.41, 5.74) is 2.49. The van der Waals surface area contributed by atoms with Gasteiger partial charge < -0.3 is 19.7 Å². The van der Waals surface area contributed by atoms with E-state index in [2.05, 4.69) is 41.1 Å². The van der Waals surface area contributed by atoms with Crippen LogP contribution in [0, 0.1) is 22.7 Å². The molecule has 1 aromatic rings. The number of fused-ring (bicyclic) bond motifs is 1. The highest BCUT2D eigenvalue weighted by atomic mass is 16.6. The van der Waals surface area contributed by atoms with Crippen molar-refractivity contribution in [1.29, 1.82) is 0 Å². The van der Waals surface area contributed by atoms with Crippen molar-refractivity contribution in [3.05, 3.63) is 29.8 Å². The van der Waals surface area contributed by atoms with E-state index in [4.69, 9.17) is 9.47 Å². The molecule has 1 N–H and O–H groups in total. The molecule has 0 radical (unpaired) electrons. The van der Waals surface area contributed by atoms with Crippen LogP contribution in [-0.2, 0) is 25.6 Å². The zero-order chi connectivity index (χ0) is 26.4. The third-order valence-corrected chi connectivity index (χ3v) is 10.9. The molecule has 1 spiro atoms. The van der Waals surface area contributed by atoms with Crippen molar-refractivity contribution < 1.29 is 19.1 Å². The minimum atomic E-state index is -0.260. The van der Waals surface area contributed by atoms with Crippen LogP contribution in [0.2, 0.25) is 0 Å². The van der Waals surface area contributed by atoms with Gasteiger partial charge in [-0.3, -0.25) is 14.5 Å². The summed E-state index contributed by atoms with van der Waals surface area (Å²) in [6, 6.07) is 8.26. The third-order valence-electron chi connectivity index (χ3n) is 10.9. The van der Waals surface area contributed by atoms with Gasteiger partial charge in [-0.25, -0.2) is 0 Å². The molecule has 4 unspecified atom stereocenters. The van der Waals surface area contributed by atoms with E-state index in [1.54, 1.807) is 0 Å². The van der Waals surface area contributed by atoms with Crippen molar-refractivity contribution in [1.82, 2.24) is 9.80 Å². The van der Waals surface area contributed by atoms with Gasteiger partial charge in [0.05, 0.1) is 12.2 Å². The Bertz CT molecular complexity index is 1040. The second-order valence-corrected chi connectivity index (χ2v) is 12.7. The largest absolute Gasteiger partial charge is 0.462 e. The number of carbonyl (C=O) groups excluding carboxylic acids is 2. The van der Waals surface area contributed by atoms with E-state index in [-0.39, 0.29) is 35.6 Å². The minimum absolute atomic E-state index is 0.0776. The highest BCUT2D eigenvalue weighted by Crippen LogP contribution is 2.89. The number of benzene rings is 1. The van der Waals surface area contributed by atoms with Crippen molar-refractivity contribution in [3.63, 3.8) is 0 Å². The second kappa shape index (κ2) is 10.1. The first-order valence-corrected chi connectivity index (χ1v) is 15.0. The van der Waals surface area contributed by atoms with Crippen LogP contribution >= 0.6 is 0 Å². The number of ether oxygens (including phenoxy) is 2. The van der Waals surface area contributed by atoms with Gasteiger partial charge in [0.2, 0.25) is 5.91 Å². The Labute approximate surface area is 227 Å². The predicted molar refractivity (Wildman–Crippen MR) is 147 cm³/mol. The number of rotatable bonds is 13. The standard InChI is InChI=1S/C31H45N3O4/c1-3-33(4-2)21-23-7-9-26(10-8-23)32-20-28(36)37-13-14-38-30-18-25-15-24-16-29(22-30,31(25,30)17-24)19-27(35)34-11-5-6-12-34/h7-10,24-25,32H,3-6,11-22H2,1-2H3/t24?,25-,29?,30?,31?/m1/s1. The lowest BCUT2D eigenvalue weighted by molar-refractivity contribution is -0.368. The van der Waals surface area contributed by atoms with Crippen LogP contribution < -0.4 is 5.32 Å². The molecular formula is C31H45N3O4. The maximum Gasteiger partial charge on any atom is 0.325 e. The third kappa shape index (κ3) is 4.16. The normalized spacial score (nSPS) is 34.1. The van der Waals surface area contributed by atoms with E-state index in [0.29, 0.717) is 12.5 Å². The zero-order valence-corrected chi connectivity index (χ0v) is 23.3. The highest BCUT2D eigenvalue weighted by molar-refractivity contribution is 5.78. The summed E-state index contributed by atoms with van der Waals surface area (Å²) in [6.07, 6.45) is 8.95. The first-order valence-electron chi connectivity index (χ1n) is 15.0. The minimum Gasteiger partial charge on any atom is -0.462 e. The van der Waals surface area contributed by atoms with Crippen LogP contribution in [0.5, 0.6) is 0 Å². The molecular weight excluding hydrogens is 478 g/mol. The molecule has 7 heteroatoms. The molecule has 1 saturated heterocycles. The van der Waals surface area contributed by atoms with Crippen LogP contribution in [0.25, 0.3) is 0 Å². The van der Waals surface area contributed by atoms with Gasteiger partial charge >= 0.3 is 5.97 Å². The van der Waals surface area contributed by atoms with Crippen molar-refractivity contribution >= 4 is 17.6 Å².